The van der Waals surface area contributed by atoms with Crippen molar-refractivity contribution in [2.75, 3.05) is 20.2 Å². The number of carbonyl (C=O) groups excluding carboxylic acids is 1. The molecular weight excluding hydrogens is 401 g/mol. The number of halogens is 1. The number of nitrogens with zero attached hydrogens (tertiary/aromatic N) is 2. The maximum atomic E-state index is 13.6. The molecule has 1 aliphatic heterocycles. The summed E-state index contributed by atoms with van der Waals surface area (Å²) >= 11 is 0. The summed E-state index contributed by atoms with van der Waals surface area (Å²) in [5.41, 5.74) is 7.24. The van der Waals surface area contributed by atoms with Crippen LogP contribution in [0.2, 0.25) is 0 Å². The first kappa shape index (κ1) is 21.1. The van der Waals surface area contributed by atoms with Gasteiger partial charge >= 0.3 is 0 Å². The molecule has 1 fully saturated rings. The molecule has 2 N–H and O–H groups in total. The van der Waals surface area contributed by atoms with Gasteiger partial charge in [0.1, 0.15) is 11.5 Å². The standard InChI is InChI=1S/C23H26FN3O4/c1-3-19(27-11-5-4-6-12-27)30-22-17(23(25)28)10-9-16(21(22)29-2)20-15-8-7-14(24)13-18(15)31-26-20/h7-10,13,19H,3-6,11-12H2,1-2H3,(H2,25,28). The van der Waals surface area contributed by atoms with Crippen molar-refractivity contribution in [3.8, 4) is 22.8 Å². The quantitative estimate of drug-likeness (QED) is 0.603. The Bertz CT molecular complexity index is 1090. The van der Waals surface area contributed by atoms with Crippen LogP contribution in [0.4, 0.5) is 4.39 Å². The molecule has 1 saturated heterocycles. The van der Waals surface area contributed by atoms with Gasteiger partial charge < -0.3 is 19.7 Å². The van der Waals surface area contributed by atoms with E-state index in [1.165, 1.54) is 25.7 Å². The van der Waals surface area contributed by atoms with E-state index in [-0.39, 0.29) is 17.5 Å². The summed E-state index contributed by atoms with van der Waals surface area (Å²) in [6.07, 6.45) is 3.95. The first-order valence-electron chi connectivity index (χ1n) is 10.5. The van der Waals surface area contributed by atoms with E-state index in [2.05, 4.69) is 10.1 Å². The molecule has 1 aromatic heterocycles. The maximum Gasteiger partial charge on any atom is 0.252 e. The van der Waals surface area contributed by atoms with Gasteiger partial charge in [0.25, 0.3) is 5.91 Å². The van der Waals surface area contributed by atoms with Crippen LogP contribution in [0.5, 0.6) is 11.5 Å². The summed E-state index contributed by atoms with van der Waals surface area (Å²) < 4.78 is 30.9. The van der Waals surface area contributed by atoms with Gasteiger partial charge in [-0.1, -0.05) is 18.5 Å². The topological polar surface area (TPSA) is 90.8 Å². The number of aromatic nitrogens is 1. The van der Waals surface area contributed by atoms with Gasteiger partial charge in [0.2, 0.25) is 0 Å². The first-order chi connectivity index (χ1) is 15.0. The number of amides is 1. The highest BCUT2D eigenvalue weighted by atomic mass is 19.1. The largest absolute Gasteiger partial charge is 0.492 e. The number of fused-ring (bicyclic) bond motifs is 1. The molecule has 31 heavy (non-hydrogen) atoms. The summed E-state index contributed by atoms with van der Waals surface area (Å²) in [5, 5.41) is 4.74. The van der Waals surface area contributed by atoms with Gasteiger partial charge in [0, 0.05) is 19.2 Å². The zero-order valence-electron chi connectivity index (χ0n) is 17.7. The molecule has 0 aliphatic carbocycles. The highest BCUT2D eigenvalue weighted by Crippen LogP contribution is 2.43. The molecule has 3 aromatic rings. The predicted octanol–water partition coefficient (Wildman–Crippen LogP) is 4.34. The van der Waals surface area contributed by atoms with Crippen LogP contribution < -0.4 is 15.2 Å². The van der Waals surface area contributed by atoms with Crippen molar-refractivity contribution in [1.29, 1.82) is 0 Å². The number of primary amides is 1. The third kappa shape index (κ3) is 4.07. The lowest BCUT2D eigenvalue weighted by Gasteiger charge is -2.34. The fourth-order valence-electron chi connectivity index (χ4n) is 4.13. The van der Waals surface area contributed by atoms with Gasteiger partial charge in [-0.2, -0.15) is 0 Å². The maximum absolute atomic E-state index is 13.6. The van der Waals surface area contributed by atoms with Gasteiger partial charge in [-0.15, -0.1) is 0 Å². The normalized spacial score (nSPS) is 15.7. The molecule has 7 nitrogen and oxygen atoms in total. The number of hydrogen-bond acceptors (Lipinski definition) is 6. The van der Waals surface area contributed by atoms with Gasteiger partial charge in [-0.25, -0.2) is 4.39 Å². The van der Waals surface area contributed by atoms with Crippen molar-refractivity contribution in [3.63, 3.8) is 0 Å². The molecule has 1 atom stereocenters. The van der Waals surface area contributed by atoms with Crippen molar-refractivity contribution in [3.05, 3.63) is 41.7 Å². The van der Waals surface area contributed by atoms with Crippen LogP contribution in [0.15, 0.2) is 34.9 Å². The van der Waals surface area contributed by atoms with Crippen LogP contribution in [0.25, 0.3) is 22.2 Å². The molecule has 2 heterocycles. The first-order valence-corrected chi connectivity index (χ1v) is 10.5. The molecule has 164 valence electrons. The number of benzene rings is 2. The molecule has 0 spiro atoms. The van der Waals surface area contributed by atoms with Gasteiger partial charge in [0.05, 0.1) is 23.6 Å². The Kier molecular flexibility index (Phi) is 6.08. The Balaban J connectivity index is 1.82. The number of likely N-dealkylation sites (tertiary alicyclic amines) is 1. The number of piperidine rings is 1. The van der Waals surface area contributed by atoms with Gasteiger partial charge in [0.15, 0.2) is 23.3 Å². The minimum atomic E-state index is -0.611. The summed E-state index contributed by atoms with van der Waals surface area (Å²) in [7, 11) is 1.50. The van der Waals surface area contributed by atoms with E-state index < -0.39 is 11.7 Å². The third-order valence-corrected chi connectivity index (χ3v) is 5.67. The fourth-order valence-corrected chi connectivity index (χ4v) is 4.13. The molecule has 0 radical (unpaired) electrons. The molecule has 0 saturated carbocycles. The lowest BCUT2D eigenvalue weighted by atomic mass is 10.0. The average Bonchev–Trinajstić information content (AvgIpc) is 3.20. The number of rotatable bonds is 7. The molecule has 4 rings (SSSR count). The predicted molar refractivity (Wildman–Crippen MR) is 115 cm³/mol. The van der Waals surface area contributed by atoms with E-state index in [1.807, 2.05) is 6.92 Å². The molecule has 0 bridgehead atoms. The van der Waals surface area contributed by atoms with E-state index in [1.54, 1.807) is 18.2 Å². The monoisotopic (exact) mass is 427 g/mol. The van der Waals surface area contributed by atoms with E-state index in [0.29, 0.717) is 28.0 Å². The van der Waals surface area contributed by atoms with Crippen LogP contribution in [0, 0.1) is 5.82 Å². The molecular formula is C23H26FN3O4. The number of methoxy groups -OCH3 is 1. The number of nitrogens with two attached hydrogens (primary N) is 1. The average molecular weight is 427 g/mol. The lowest BCUT2D eigenvalue weighted by Crippen LogP contribution is -2.42. The van der Waals surface area contributed by atoms with Crippen molar-refractivity contribution in [1.82, 2.24) is 10.1 Å². The summed E-state index contributed by atoms with van der Waals surface area (Å²) in [6, 6.07) is 7.50. The number of carbonyl (C=O) groups is 1. The minimum absolute atomic E-state index is 0.217. The highest BCUT2D eigenvalue weighted by molar-refractivity contribution is 6.00. The number of ether oxygens (including phenoxy) is 2. The van der Waals surface area contributed by atoms with Gasteiger partial charge in [-0.05, 0) is 43.5 Å². The summed E-state index contributed by atoms with van der Waals surface area (Å²) in [4.78, 5) is 14.5. The van der Waals surface area contributed by atoms with Crippen molar-refractivity contribution in [2.45, 2.75) is 38.8 Å². The fraction of sp³-hybridized carbons (Fsp3) is 0.391. The van der Waals surface area contributed by atoms with Crippen LogP contribution in [-0.4, -0.2) is 42.4 Å². The van der Waals surface area contributed by atoms with Crippen LogP contribution in [-0.2, 0) is 0 Å². The smallest absolute Gasteiger partial charge is 0.252 e. The van der Waals surface area contributed by atoms with Crippen molar-refractivity contribution in [2.24, 2.45) is 5.73 Å². The van der Waals surface area contributed by atoms with E-state index in [4.69, 9.17) is 19.7 Å². The SMILES string of the molecule is CCC(Oc1c(C(N)=O)ccc(-c2noc3cc(F)ccc23)c1OC)N1CCCCC1. The van der Waals surface area contributed by atoms with E-state index >= 15 is 0 Å². The van der Waals surface area contributed by atoms with Gasteiger partial charge in [-0.3, -0.25) is 9.69 Å². The van der Waals surface area contributed by atoms with Crippen LogP contribution >= 0.6 is 0 Å². The summed E-state index contributed by atoms with van der Waals surface area (Å²) in [5.74, 6) is -0.405. The summed E-state index contributed by atoms with van der Waals surface area (Å²) in [6.45, 7) is 3.91. The second-order valence-corrected chi connectivity index (χ2v) is 7.64. The van der Waals surface area contributed by atoms with Crippen LogP contribution in [0.1, 0.15) is 43.0 Å². The second-order valence-electron chi connectivity index (χ2n) is 7.64. The third-order valence-electron chi connectivity index (χ3n) is 5.67. The van der Waals surface area contributed by atoms with Crippen molar-refractivity contribution < 1.29 is 23.2 Å². The van der Waals surface area contributed by atoms with E-state index in [9.17, 15) is 9.18 Å². The zero-order valence-corrected chi connectivity index (χ0v) is 17.7. The molecule has 1 amide bonds. The zero-order chi connectivity index (χ0) is 22.0. The Morgan fingerprint density at radius 1 is 1.23 bits per heavy atom. The Morgan fingerprint density at radius 3 is 2.68 bits per heavy atom. The van der Waals surface area contributed by atoms with Crippen LogP contribution in [0.3, 0.4) is 0 Å². The van der Waals surface area contributed by atoms with E-state index in [0.717, 1.165) is 32.4 Å². The Hall–Kier alpha value is -3.13. The number of hydrogen-bond donors (Lipinski definition) is 1. The molecule has 2 aromatic carbocycles. The molecule has 1 aliphatic rings. The molecule has 8 heteroatoms. The Morgan fingerprint density at radius 2 is 2.00 bits per heavy atom. The lowest BCUT2D eigenvalue weighted by molar-refractivity contribution is 0.00777. The van der Waals surface area contributed by atoms with Crippen molar-refractivity contribution >= 4 is 16.9 Å². The minimum Gasteiger partial charge on any atom is -0.492 e. The second kappa shape index (κ2) is 8.93. The molecule has 1 unspecified atom stereocenters. The highest BCUT2D eigenvalue weighted by Gasteiger charge is 2.28. The Labute approximate surface area is 179 Å².